The smallest absolute Gasteiger partial charge is 0.238 e. The van der Waals surface area contributed by atoms with Gasteiger partial charge in [-0.1, -0.05) is 11.6 Å². The van der Waals surface area contributed by atoms with Gasteiger partial charge in [0.2, 0.25) is 5.88 Å². The SMILES string of the molecule is CCN(C)C=Nc1ccc(Oc2ccn(-c3ccc(Cl)cc3)n2)c(C)c1. The standard InChI is InChI=1S/C20H21ClN4O/c1-4-24(3)14-22-17-7-10-19(15(2)13-17)26-20-11-12-25(23-20)18-8-5-16(21)6-9-18/h5-14H,4H2,1-3H3. The number of nitrogens with zero attached hydrogens (tertiary/aromatic N) is 4. The lowest BCUT2D eigenvalue weighted by Crippen LogP contribution is -2.14. The van der Waals surface area contributed by atoms with Crippen LogP contribution in [-0.4, -0.2) is 34.6 Å². The van der Waals surface area contributed by atoms with Crippen molar-refractivity contribution in [3.05, 3.63) is 65.3 Å². The Morgan fingerprint density at radius 2 is 1.96 bits per heavy atom. The van der Waals surface area contributed by atoms with Crippen molar-refractivity contribution in [2.75, 3.05) is 13.6 Å². The minimum Gasteiger partial charge on any atom is -0.437 e. The highest BCUT2D eigenvalue weighted by Gasteiger charge is 2.06. The number of benzene rings is 2. The molecular formula is C20H21ClN4O. The van der Waals surface area contributed by atoms with Crippen LogP contribution in [0.25, 0.3) is 5.69 Å². The van der Waals surface area contributed by atoms with Crippen LogP contribution in [0.5, 0.6) is 11.6 Å². The largest absolute Gasteiger partial charge is 0.437 e. The van der Waals surface area contributed by atoms with Crippen molar-refractivity contribution < 1.29 is 4.74 Å². The lowest BCUT2D eigenvalue weighted by molar-refractivity contribution is 0.454. The molecule has 5 nitrogen and oxygen atoms in total. The summed E-state index contributed by atoms with van der Waals surface area (Å²) in [5.74, 6) is 1.29. The summed E-state index contributed by atoms with van der Waals surface area (Å²) < 4.78 is 7.67. The minimum absolute atomic E-state index is 0.532. The summed E-state index contributed by atoms with van der Waals surface area (Å²) in [4.78, 5) is 6.47. The fraction of sp³-hybridized carbons (Fsp3) is 0.200. The first-order chi connectivity index (χ1) is 12.5. The van der Waals surface area contributed by atoms with Crippen LogP contribution < -0.4 is 4.74 Å². The molecule has 2 aromatic carbocycles. The van der Waals surface area contributed by atoms with Crippen molar-refractivity contribution in [1.82, 2.24) is 14.7 Å². The van der Waals surface area contributed by atoms with Gasteiger partial charge in [0, 0.05) is 30.9 Å². The molecule has 3 rings (SSSR count). The molecule has 0 saturated heterocycles. The number of ether oxygens (including phenoxy) is 1. The number of aromatic nitrogens is 2. The maximum Gasteiger partial charge on any atom is 0.238 e. The second kappa shape index (κ2) is 8.06. The average molecular weight is 369 g/mol. The van der Waals surface area contributed by atoms with Crippen LogP contribution >= 0.6 is 11.6 Å². The maximum atomic E-state index is 5.92. The van der Waals surface area contributed by atoms with Gasteiger partial charge in [-0.25, -0.2) is 9.67 Å². The van der Waals surface area contributed by atoms with Gasteiger partial charge in [-0.2, -0.15) is 0 Å². The van der Waals surface area contributed by atoms with Gasteiger partial charge in [-0.3, -0.25) is 0 Å². The van der Waals surface area contributed by atoms with Gasteiger partial charge in [0.05, 0.1) is 17.7 Å². The van der Waals surface area contributed by atoms with Crippen molar-refractivity contribution in [2.24, 2.45) is 4.99 Å². The fourth-order valence-electron chi connectivity index (χ4n) is 2.29. The molecule has 0 unspecified atom stereocenters. The zero-order chi connectivity index (χ0) is 18.5. The van der Waals surface area contributed by atoms with E-state index in [1.54, 1.807) is 4.68 Å². The minimum atomic E-state index is 0.532. The summed E-state index contributed by atoms with van der Waals surface area (Å²) in [7, 11) is 1.99. The van der Waals surface area contributed by atoms with Crippen molar-refractivity contribution in [2.45, 2.75) is 13.8 Å². The highest BCUT2D eigenvalue weighted by Crippen LogP contribution is 2.28. The van der Waals surface area contributed by atoms with E-state index in [1.165, 1.54) is 0 Å². The van der Waals surface area contributed by atoms with Crippen LogP contribution in [0, 0.1) is 6.92 Å². The van der Waals surface area contributed by atoms with Gasteiger partial charge in [0.25, 0.3) is 0 Å². The van der Waals surface area contributed by atoms with E-state index in [0.717, 1.165) is 29.2 Å². The molecule has 0 bridgehead atoms. The number of aryl methyl sites for hydroxylation is 1. The van der Waals surface area contributed by atoms with Crippen LogP contribution in [0.3, 0.4) is 0 Å². The second-order valence-corrected chi connectivity index (χ2v) is 6.38. The molecule has 1 aromatic heterocycles. The molecule has 0 radical (unpaired) electrons. The number of hydrogen-bond acceptors (Lipinski definition) is 3. The molecule has 6 heteroatoms. The van der Waals surface area contributed by atoms with E-state index in [1.807, 2.05) is 79.9 Å². The van der Waals surface area contributed by atoms with Crippen LogP contribution in [0.2, 0.25) is 5.02 Å². The molecule has 0 aliphatic carbocycles. The van der Waals surface area contributed by atoms with E-state index in [0.29, 0.717) is 10.9 Å². The quantitative estimate of drug-likeness (QED) is 0.441. The van der Waals surface area contributed by atoms with Gasteiger partial charge < -0.3 is 9.64 Å². The summed E-state index contributed by atoms with van der Waals surface area (Å²) >= 11 is 5.92. The van der Waals surface area contributed by atoms with E-state index in [2.05, 4.69) is 17.0 Å². The van der Waals surface area contributed by atoms with Crippen molar-refractivity contribution in [1.29, 1.82) is 0 Å². The summed E-state index contributed by atoms with van der Waals surface area (Å²) in [5, 5.41) is 5.15. The van der Waals surface area contributed by atoms with E-state index >= 15 is 0 Å². The predicted molar refractivity (Wildman–Crippen MR) is 106 cm³/mol. The topological polar surface area (TPSA) is 42.6 Å². The molecule has 134 valence electrons. The first-order valence-corrected chi connectivity index (χ1v) is 8.77. The van der Waals surface area contributed by atoms with E-state index in [4.69, 9.17) is 16.3 Å². The molecule has 0 aliphatic heterocycles. The van der Waals surface area contributed by atoms with Gasteiger partial charge in [-0.15, -0.1) is 5.10 Å². The molecular weight excluding hydrogens is 348 g/mol. The van der Waals surface area contributed by atoms with Crippen molar-refractivity contribution in [3.8, 4) is 17.3 Å². The van der Waals surface area contributed by atoms with Gasteiger partial charge in [0.1, 0.15) is 5.75 Å². The first-order valence-electron chi connectivity index (χ1n) is 8.39. The van der Waals surface area contributed by atoms with E-state index < -0.39 is 0 Å². The van der Waals surface area contributed by atoms with Crippen molar-refractivity contribution >= 4 is 23.6 Å². The molecule has 0 saturated carbocycles. The number of rotatable bonds is 6. The van der Waals surface area contributed by atoms with Crippen LogP contribution in [0.1, 0.15) is 12.5 Å². The average Bonchev–Trinajstić information content (AvgIpc) is 3.11. The molecule has 1 heterocycles. The number of hydrogen-bond donors (Lipinski definition) is 0. The molecule has 0 aliphatic rings. The summed E-state index contributed by atoms with van der Waals surface area (Å²) in [6.45, 7) is 4.99. The zero-order valence-electron chi connectivity index (χ0n) is 15.1. The number of halogens is 1. The molecule has 0 amide bonds. The van der Waals surface area contributed by atoms with E-state index in [-0.39, 0.29) is 0 Å². The lowest BCUT2D eigenvalue weighted by Gasteiger charge is -2.09. The normalized spacial score (nSPS) is 11.1. The summed E-state index contributed by atoms with van der Waals surface area (Å²) in [6, 6.07) is 15.1. The molecule has 0 N–H and O–H groups in total. The third-order valence-electron chi connectivity index (χ3n) is 3.93. The lowest BCUT2D eigenvalue weighted by atomic mass is 10.2. The zero-order valence-corrected chi connectivity index (χ0v) is 15.8. The Labute approximate surface area is 158 Å². The second-order valence-electron chi connectivity index (χ2n) is 5.94. The van der Waals surface area contributed by atoms with Crippen LogP contribution in [0.15, 0.2) is 59.7 Å². The Kier molecular flexibility index (Phi) is 5.58. The maximum absolute atomic E-state index is 5.92. The number of aliphatic imine (C=N–C) groups is 1. The first kappa shape index (κ1) is 18.0. The summed E-state index contributed by atoms with van der Waals surface area (Å²) in [5.41, 5.74) is 2.81. The van der Waals surface area contributed by atoms with E-state index in [9.17, 15) is 0 Å². The molecule has 0 spiro atoms. The van der Waals surface area contributed by atoms with Crippen LogP contribution in [-0.2, 0) is 0 Å². The van der Waals surface area contributed by atoms with Gasteiger partial charge in [-0.05, 0) is 61.9 Å². The van der Waals surface area contributed by atoms with Crippen molar-refractivity contribution in [3.63, 3.8) is 0 Å². The Bertz CT molecular complexity index is 902. The Balaban J connectivity index is 1.73. The van der Waals surface area contributed by atoms with Crippen LogP contribution in [0.4, 0.5) is 5.69 Å². The Morgan fingerprint density at radius 1 is 1.19 bits per heavy atom. The van der Waals surface area contributed by atoms with Gasteiger partial charge >= 0.3 is 0 Å². The molecule has 26 heavy (non-hydrogen) atoms. The molecule has 0 atom stereocenters. The third-order valence-corrected chi connectivity index (χ3v) is 4.18. The Morgan fingerprint density at radius 3 is 2.65 bits per heavy atom. The highest BCUT2D eigenvalue weighted by atomic mass is 35.5. The predicted octanol–water partition coefficient (Wildman–Crippen LogP) is 5.24. The Hall–Kier alpha value is -2.79. The summed E-state index contributed by atoms with van der Waals surface area (Å²) in [6.07, 6.45) is 3.68. The van der Waals surface area contributed by atoms with Gasteiger partial charge in [0.15, 0.2) is 0 Å². The monoisotopic (exact) mass is 368 g/mol. The molecule has 3 aromatic rings. The third kappa shape index (κ3) is 4.43. The fourth-order valence-corrected chi connectivity index (χ4v) is 2.41. The highest BCUT2D eigenvalue weighted by molar-refractivity contribution is 6.30. The molecule has 0 fully saturated rings.